The van der Waals surface area contributed by atoms with Gasteiger partial charge >= 0.3 is 6.55 Å². The number of rotatable bonds is 7. The first-order valence-corrected chi connectivity index (χ1v) is 7.79. The lowest BCUT2D eigenvalue weighted by Gasteiger charge is -2.32. The Bertz CT molecular complexity index is 412. The minimum atomic E-state index is -2.50. The van der Waals surface area contributed by atoms with Gasteiger partial charge in [0.15, 0.2) is 0 Å². The van der Waals surface area contributed by atoms with E-state index in [1.54, 1.807) is 0 Å². The van der Waals surface area contributed by atoms with E-state index in [2.05, 4.69) is 29.0 Å². The maximum absolute atomic E-state index is 12.8. The molecule has 0 atom stereocenters. The third-order valence-corrected chi connectivity index (χ3v) is 4.02. The van der Waals surface area contributed by atoms with Crippen molar-refractivity contribution in [1.29, 1.82) is 0 Å². The summed E-state index contributed by atoms with van der Waals surface area (Å²) in [5.74, 6) is 1.84. The molecule has 0 saturated carbocycles. The topological polar surface area (TPSA) is 33.1 Å². The molecule has 120 valence electrons. The van der Waals surface area contributed by atoms with Crippen molar-refractivity contribution in [3.8, 4) is 0 Å². The van der Waals surface area contributed by atoms with E-state index < -0.39 is 6.55 Å². The summed E-state index contributed by atoms with van der Waals surface area (Å²) < 4.78 is 26.5. The SMILES string of the molecule is CC(C)CNCC1CCN(Cc2nccn2C(F)F)CC1. The van der Waals surface area contributed by atoms with Gasteiger partial charge < -0.3 is 5.32 Å². The number of hydrogen-bond acceptors (Lipinski definition) is 3. The van der Waals surface area contributed by atoms with Crippen molar-refractivity contribution in [2.24, 2.45) is 11.8 Å². The van der Waals surface area contributed by atoms with Gasteiger partial charge in [-0.1, -0.05) is 13.8 Å². The molecule has 1 N–H and O–H groups in total. The van der Waals surface area contributed by atoms with E-state index in [1.807, 2.05) is 0 Å². The molecule has 1 aliphatic heterocycles. The summed E-state index contributed by atoms with van der Waals surface area (Å²) in [5.41, 5.74) is 0. The standard InChI is InChI=1S/C15H26F2N4/c1-12(2)9-18-10-13-3-6-20(7-4-13)11-14-19-5-8-21(14)15(16)17/h5,8,12-13,15,18H,3-4,6-7,9-11H2,1-2H3. The second kappa shape index (κ2) is 7.84. The average Bonchev–Trinajstić information content (AvgIpc) is 2.89. The Balaban J connectivity index is 1.73. The maximum atomic E-state index is 12.8. The molecule has 4 nitrogen and oxygen atoms in total. The van der Waals surface area contributed by atoms with Crippen molar-refractivity contribution in [3.63, 3.8) is 0 Å². The fourth-order valence-electron chi connectivity index (χ4n) is 2.77. The molecule has 21 heavy (non-hydrogen) atoms. The molecule has 0 unspecified atom stereocenters. The number of alkyl halides is 2. The highest BCUT2D eigenvalue weighted by atomic mass is 19.3. The Morgan fingerprint density at radius 2 is 2.05 bits per heavy atom. The van der Waals surface area contributed by atoms with Gasteiger partial charge in [-0.25, -0.2) is 4.98 Å². The predicted molar refractivity (Wildman–Crippen MR) is 79.2 cm³/mol. The molecule has 1 aromatic rings. The normalized spacial score (nSPS) is 18.0. The van der Waals surface area contributed by atoms with Crippen LogP contribution in [0.1, 0.15) is 39.1 Å². The van der Waals surface area contributed by atoms with E-state index in [0.29, 0.717) is 24.2 Å². The van der Waals surface area contributed by atoms with Crippen molar-refractivity contribution in [2.45, 2.75) is 39.8 Å². The lowest BCUT2D eigenvalue weighted by atomic mass is 9.96. The van der Waals surface area contributed by atoms with Crippen LogP contribution in [0.25, 0.3) is 0 Å². The number of likely N-dealkylation sites (tertiary alicyclic amines) is 1. The second-order valence-electron chi connectivity index (χ2n) is 6.30. The molecule has 2 heterocycles. The summed E-state index contributed by atoms with van der Waals surface area (Å²) >= 11 is 0. The highest BCUT2D eigenvalue weighted by Crippen LogP contribution is 2.20. The molecule has 1 aliphatic rings. The van der Waals surface area contributed by atoms with E-state index >= 15 is 0 Å². The Kier molecular flexibility index (Phi) is 6.11. The molecule has 1 aromatic heterocycles. The van der Waals surface area contributed by atoms with Crippen LogP contribution in [-0.2, 0) is 6.54 Å². The van der Waals surface area contributed by atoms with E-state index in [-0.39, 0.29) is 0 Å². The van der Waals surface area contributed by atoms with Crippen molar-refractivity contribution in [3.05, 3.63) is 18.2 Å². The third kappa shape index (κ3) is 5.04. The lowest BCUT2D eigenvalue weighted by molar-refractivity contribution is 0.0623. The highest BCUT2D eigenvalue weighted by Gasteiger charge is 2.21. The van der Waals surface area contributed by atoms with E-state index in [1.165, 1.54) is 12.4 Å². The molecule has 1 fully saturated rings. The molecule has 0 aromatic carbocycles. The first-order valence-electron chi connectivity index (χ1n) is 7.79. The van der Waals surface area contributed by atoms with Gasteiger partial charge in [-0.3, -0.25) is 9.47 Å². The maximum Gasteiger partial charge on any atom is 0.319 e. The smallest absolute Gasteiger partial charge is 0.316 e. The largest absolute Gasteiger partial charge is 0.319 e. The minimum Gasteiger partial charge on any atom is -0.316 e. The molecule has 0 aliphatic carbocycles. The van der Waals surface area contributed by atoms with Gasteiger partial charge in [0.25, 0.3) is 0 Å². The fourth-order valence-corrected chi connectivity index (χ4v) is 2.77. The predicted octanol–water partition coefficient (Wildman–Crippen LogP) is 2.74. The van der Waals surface area contributed by atoms with Gasteiger partial charge in [-0.05, 0) is 50.9 Å². The van der Waals surface area contributed by atoms with Crippen molar-refractivity contribution in [1.82, 2.24) is 19.8 Å². The van der Waals surface area contributed by atoms with Crippen molar-refractivity contribution >= 4 is 0 Å². The van der Waals surface area contributed by atoms with Crippen LogP contribution in [0.4, 0.5) is 8.78 Å². The first kappa shape index (κ1) is 16.4. The Hall–Kier alpha value is -1.01. The monoisotopic (exact) mass is 300 g/mol. The molecular weight excluding hydrogens is 274 g/mol. The van der Waals surface area contributed by atoms with E-state index in [4.69, 9.17) is 0 Å². The highest BCUT2D eigenvalue weighted by molar-refractivity contribution is 4.93. The van der Waals surface area contributed by atoms with Crippen LogP contribution >= 0.6 is 0 Å². The third-order valence-electron chi connectivity index (χ3n) is 4.02. The summed E-state index contributed by atoms with van der Waals surface area (Å²) in [5, 5.41) is 3.50. The number of imidazole rings is 1. The van der Waals surface area contributed by atoms with Gasteiger partial charge in [0.1, 0.15) is 5.82 Å². The summed E-state index contributed by atoms with van der Waals surface area (Å²) in [4.78, 5) is 6.27. The molecule has 2 rings (SSSR count). The summed E-state index contributed by atoms with van der Waals surface area (Å²) in [6.45, 7) is 6.49. The molecule has 1 saturated heterocycles. The number of piperidine rings is 1. The number of nitrogens with one attached hydrogen (secondary N) is 1. The van der Waals surface area contributed by atoms with Gasteiger partial charge in [-0.15, -0.1) is 0 Å². The van der Waals surface area contributed by atoms with Gasteiger partial charge in [0, 0.05) is 12.4 Å². The number of hydrogen-bond donors (Lipinski definition) is 1. The Morgan fingerprint density at radius 1 is 1.33 bits per heavy atom. The van der Waals surface area contributed by atoms with Crippen LogP contribution in [0.5, 0.6) is 0 Å². The number of aromatic nitrogens is 2. The van der Waals surface area contributed by atoms with Crippen LogP contribution in [0.3, 0.4) is 0 Å². The Morgan fingerprint density at radius 3 is 2.67 bits per heavy atom. The molecule has 0 spiro atoms. The van der Waals surface area contributed by atoms with Crippen LogP contribution in [-0.4, -0.2) is 40.6 Å². The molecule has 6 heteroatoms. The lowest BCUT2D eigenvalue weighted by Crippen LogP contribution is -2.38. The minimum absolute atomic E-state index is 0.460. The Labute approximate surface area is 125 Å². The van der Waals surface area contributed by atoms with Gasteiger partial charge in [0.2, 0.25) is 0 Å². The summed E-state index contributed by atoms with van der Waals surface area (Å²) in [6.07, 6.45) is 5.05. The molecule has 0 amide bonds. The number of nitrogens with zero attached hydrogens (tertiary/aromatic N) is 3. The van der Waals surface area contributed by atoms with E-state index in [9.17, 15) is 8.78 Å². The van der Waals surface area contributed by atoms with Crippen molar-refractivity contribution in [2.75, 3.05) is 26.2 Å². The fraction of sp³-hybridized carbons (Fsp3) is 0.800. The first-order chi connectivity index (χ1) is 10.1. The van der Waals surface area contributed by atoms with E-state index in [0.717, 1.165) is 43.6 Å². The number of halogens is 2. The molecule has 0 radical (unpaired) electrons. The van der Waals surface area contributed by atoms with Crippen molar-refractivity contribution < 1.29 is 8.78 Å². The van der Waals surface area contributed by atoms with Crippen LogP contribution in [0.15, 0.2) is 12.4 Å². The van der Waals surface area contributed by atoms with Crippen LogP contribution in [0.2, 0.25) is 0 Å². The summed E-state index contributed by atoms with van der Waals surface area (Å²) in [7, 11) is 0. The zero-order valence-corrected chi connectivity index (χ0v) is 12.9. The summed E-state index contributed by atoms with van der Waals surface area (Å²) in [6, 6.07) is 0. The zero-order valence-electron chi connectivity index (χ0n) is 12.9. The molecular formula is C15H26F2N4. The second-order valence-corrected chi connectivity index (χ2v) is 6.30. The average molecular weight is 300 g/mol. The molecule has 0 bridgehead atoms. The van der Waals surface area contributed by atoms with Gasteiger partial charge in [0.05, 0.1) is 6.54 Å². The quantitative estimate of drug-likeness (QED) is 0.840. The van der Waals surface area contributed by atoms with Gasteiger partial charge in [-0.2, -0.15) is 8.78 Å². The van der Waals surface area contributed by atoms with Crippen LogP contribution < -0.4 is 5.32 Å². The van der Waals surface area contributed by atoms with Crippen LogP contribution in [0, 0.1) is 11.8 Å². The zero-order chi connectivity index (χ0) is 15.2.